The maximum atomic E-state index is 13.3. The maximum absolute atomic E-state index is 13.3. The molecule has 1 unspecified atom stereocenters. The normalized spacial score (nSPS) is 31.4. The van der Waals surface area contributed by atoms with Gasteiger partial charge in [0.1, 0.15) is 11.4 Å². The third-order valence-electron chi connectivity index (χ3n) is 8.28. The van der Waals surface area contributed by atoms with Crippen molar-refractivity contribution in [2.24, 2.45) is 11.3 Å². The lowest BCUT2D eigenvalue weighted by molar-refractivity contribution is -0.165. The molecule has 0 bridgehead atoms. The van der Waals surface area contributed by atoms with Crippen molar-refractivity contribution in [3.63, 3.8) is 0 Å². The van der Waals surface area contributed by atoms with Crippen molar-refractivity contribution in [2.45, 2.75) is 89.8 Å². The summed E-state index contributed by atoms with van der Waals surface area (Å²) in [6.07, 6.45) is 5.21. The van der Waals surface area contributed by atoms with E-state index in [2.05, 4.69) is 47.4 Å². The van der Waals surface area contributed by atoms with Gasteiger partial charge in [-0.05, 0) is 60.5 Å². The van der Waals surface area contributed by atoms with Crippen LogP contribution >= 0.6 is 0 Å². The van der Waals surface area contributed by atoms with Crippen molar-refractivity contribution in [1.29, 1.82) is 0 Å². The van der Waals surface area contributed by atoms with E-state index < -0.39 is 13.9 Å². The molecule has 1 aromatic carbocycles. The molecule has 0 heterocycles. The molecule has 4 atom stereocenters. The van der Waals surface area contributed by atoms with Gasteiger partial charge in [-0.25, -0.2) is 0 Å². The van der Waals surface area contributed by atoms with Crippen LogP contribution in [0.2, 0.25) is 18.1 Å². The van der Waals surface area contributed by atoms with Gasteiger partial charge in [0, 0.05) is 12.3 Å². The molecule has 0 aliphatic heterocycles. The number of hydrogen-bond donors (Lipinski definition) is 0. The highest BCUT2D eigenvalue weighted by Crippen LogP contribution is 2.58. The van der Waals surface area contributed by atoms with Crippen LogP contribution in [0.4, 0.5) is 0 Å². The average molecular weight is 445 g/mol. The fourth-order valence-electron chi connectivity index (χ4n) is 5.16. The Hall–Kier alpha value is -1.43. The highest BCUT2D eigenvalue weighted by Gasteiger charge is 2.62. The molecule has 2 aliphatic carbocycles. The van der Waals surface area contributed by atoms with Gasteiger partial charge in [0.25, 0.3) is 0 Å². The van der Waals surface area contributed by atoms with Crippen LogP contribution in [-0.2, 0) is 20.6 Å². The number of Topliss-reactive ketones (excluding diaryl/α,β-unsaturated/α-hetero) is 1. The van der Waals surface area contributed by atoms with Gasteiger partial charge in [0.15, 0.2) is 14.1 Å². The summed E-state index contributed by atoms with van der Waals surface area (Å²) in [5, 5.41) is 0.159. The summed E-state index contributed by atoms with van der Waals surface area (Å²) in [6, 6.07) is 7.82. The van der Waals surface area contributed by atoms with Gasteiger partial charge in [-0.2, -0.15) is 0 Å². The first kappa shape index (κ1) is 24.2. The molecule has 0 amide bonds. The lowest BCUT2D eigenvalue weighted by Gasteiger charge is -2.51. The highest BCUT2D eigenvalue weighted by atomic mass is 28.4. The molecule has 31 heavy (non-hydrogen) atoms. The zero-order chi connectivity index (χ0) is 23.1. The van der Waals surface area contributed by atoms with E-state index in [4.69, 9.17) is 13.9 Å². The molecular formula is C26H40O4Si. The summed E-state index contributed by atoms with van der Waals surface area (Å²) >= 11 is 0. The summed E-state index contributed by atoms with van der Waals surface area (Å²) in [5.41, 5.74) is -0.00937. The van der Waals surface area contributed by atoms with Crippen LogP contribution in [0.1, 0.15) is 58.9 Å². The first-order valence-corrected chi connectivity index (χ1v) is 14.4. The van der Waals surface area contributed by atoms with Gasteiger partial charge in [-0.3, -0.25) is 4.79 Å². The average Bonchev–Trinajstić information content (AvgIpc) is 3.04. The number of rotatable bonds is 7. The quantitative estimate of drug-likeness (QED) is 0.365. The molecule has 0 N–H and O–H groups in total. The number of methoxy groups -OCH3 is 1. The van der Waals surface area contributed by atoms with E-state index in [9.17, 15) is 4.79 Å². The van der Waals surface area contributed by atoms with Gasteiger partial charge in [0.05, 0.1) is 19.8 Å². The third kappa shape index (κ3) is 4.29. The number of ether oxygens (including phenoxy) is 2. The number of carbonyl (C=O) groups is 1. The fraction of sp³-hybridized carbons (Fsp3) is 0.654. The third-order valence-corrected chi connectivity index (χ3v) is 12.8. The van der Waals surface area contributed by atoms with Crippen LogP contribution in [0.25, 0.3) is 0 Å². The Morgan fingerprint density at radius 1 is 1.19 bits per heavy atom. The second-order valence-corrected chi connectivity index (χ2v) is 15.8. The van der Waals surface area contributed by atoms with E-state index in [1.54, 1.807) is 13.2 Å². The van der Waals surface area contributed by atoms with E-state index in [0.29, 0.717) is 13.0 Å². The molecule has 2 saturated carbocycles. The second-order valence-electron chi connectivity index (χ2n) is 11.1. The summed E-state index contributed by atoms with van der Waals surface area (Å²) in [7, 11) is -0.256. The smallest absolute Gasteiger partial charge is 0.192 e. The summed E-state index contributed by atoms with van der Waals surface area (Å²) in [4.78, 5) is 13.3. The van der Waals surface area contributed by atoms with Crippen molar-refractivity contribution < 1.29 is 18.7 Å². The van der Waals surface area contributed by atoms with Gasteiger partial charge in [0.2, 0.25) is 0 Å². The molecule has 2 fully saturated rings. The SMILES string of the molecule is C=C[C@@]1(OCc2ccc(OC)cc2)C(=O)CC[C@]2(C)C(O[Si](C)(C)C(C)(C)C)CC[C@@H]12. The molecule has 2 aliphatic rings. The minimum atomic E-state index is -1.91. The van der Waals surface area contributed by atoms with Crippen molar-refractivity contribution in [3.05, 3.63) is 42.5 Å². The highest BCUT2D eigenvalue weighted by molar-refractivity contribution is 6.74. The standard InChI is InChI=1S/C26H40O4Si/c1-9-26(29-18-19-10-12-20(28-6)13-11-19)21-14-15-23(25(21,5)17-16-22(26)27)30-31(7,8)24(2,3)4/h9-13,21,23H,1,14-18H2,2-8H3/t21-,23?,25+,26+/m1/s1. The first-order valence-electron chi connectivity index (χ1n) is 11.5. The summed E-state index contributed by atoms with van der Waals surface area (Å²) < 4.78 is 18.6. The van der Waals surface area contributed by atoms with Crippen LogP contribution in [0, 0.1) is 11.3 Å². The molecule has 4 nitrogen and oxygen atoms in total. The van der Waals surface area contributed by atoms with Crippen LogP contribution in [0.15, 0.2) is 36.9 Å². The largest absolute Gasteiger partial charge is 0.497 e. The number of fused-ring (bicyclic) bond motifs is 1. The second kappa shape index (κ2) is 8.49. The minimum Gasteiger partial charge on any atom is -0.497 e. The topological polar surface area (TPSA) is 44.8 Å². The molecular weight excluding hydrogens is 404 g/mol. The van der Waals surface area contributed by atoms with E-state index in [0.717, 1.165) is 30.6 Å². The number of hydrogen-bond acceptors (Lipinski definition) is 4. The lowest BCUT2D eigenvalue weighted by atomic mass is 9.60. The van der Waals surface area contributed by atoms with Gasteiger partial charge < -0.3 is 13.9 Å². The molecule has 0 saturated heterocycles. The van der Waals surface area contributed by atoms with Crippen molar-refractivity contribution >= 4 is 14.1 Å². The van der Waals surface area contributed by atoms with Crippen LogP contribution in [-0.4, -0.2) is 32.9 Å². The Kier molecular flexibility index (Phi) is 6.63. The molecule has 0 spiro atoms. The van der Waals surface area contributed by atoms with Crippen molar-refractivity contribution in [3.8, 4) is 5.75 Å². The number of ketones is 1. The van der Waals surface area contributed by atoms with Gasteiger partial charge >= 0.3 is 0 Å². The Bertz CT molecular complexity index is 810. The summed E-state index contributed by atoms with van der Waals surface area (Å²) in [5.74, 6) is 1.06. The number of carbonyl (C=O) groups excluding carboxylic acids is 1. The van der Waals surface area contributed by atoms with Crippen molar-refractivity contribution in [1.82, 2.24) is 0 Å². The van der Waals surface area contributed by atoms with E-state index in [1.165, 1.54) is 0 Å². The zero-order valence-electron chi connectivity index (χ0n) is 20.4. The minimum absolute atomic E-state index is 0.0858. The Morgan fingerprint density at radius 2 is 1.84 bits per heavy atom. The van der Waals surface area contributed by atoms with E-state index in [1.807, 2.05) is 24.3 Å². The monoisotopic (exact) mass is 444 g/mol. The zero-order valence-corrected chi connectivity index (χ0v) is 21.4. The van der Waals surface area contributed by atoms with Crippen LogP contribution in [0.3, 0.4) is 0 Å². The van der Waals surface area contributed by atoms with Crippen molar-refractivity contribution in [2.75, 3.05) is 7.11 Å². The van der Waals surface area contributed by atoms with Crippen LogP contribution < -0.4 is 4.74 Å². The summed E-state index contributed by atoms with van der Waals surface area (Å²) in [6.45, 7) is 18.2. The molecule has 172 valence electrons. The van der Waals surface area contributed by atoms with E-state index >= 15 is 0 Å². The van der Waals surface area contributed by atoms with Gasteiger partial charge in [-0.15, -0.1) is 0 Å². The fourth-order valence-corrected chi connectivity index (χ4v) is 6.61. The molecule has 0 aromatic heterocycles. The first-order chi connectivity index (χ1) is 14.4. The predicted octanol–water partition coefficient (Wildman–Crippen LogP) is 6.31. The van der Waals surface area contributed by atoms with Crippen LogP contribution in [0.5, 0.6) is 5.75 Å². The Morgan fingerprint density at radius 3 is 2.39 bits per heavy atom. The lowest BCUT2D eigenvalue weighted by Crippen LogP contribution is -2.58. The molecule has 0 radical (unpaired) electrons. The molecule has 3 rings (SSSR count). The Balaban J connectivity index is 1.84. The molecule has 1 aromatic rings. The maximum Gasteiger partial charge on any atom is 0.192 e. The predicted molar refractivity (Wildman–Crippen MR) is 128 cm³/mol. The molecule has 5 heteroatoms. The van der Waals surface area contributed by atoms with E-state index in [-0.39, 0.29) is 28.3 Å². The Labute approximate surface area is 189 Å². The van der Waals surface area contributed by atoms with Gasteiger partial charge in [-0.1, -0.05) is 52.5 Å². The number of benzene rings is 1.